The first-order valence-electron chi connectivity index (χ1n) is 8.26. The molecular formula is C18H24ClNO3S. The van der Waals surface area contributed by atoms with Gasteiger partial charge in [0.05, 0.1) is 12.0 Å². The van der Waals surface area contributed by atoms with E-state index in [0.717, 1.165) is 37.0 Å². The first kappa shape index (κ1) is 19.0. The van der Waals surface area contributed by atoms with E-state index in [1.807, 2.05) is 36.4 Å². The van der Waals surface area contributed by atoms with Crippen LogP contribution in [0.25, 0.3) is 0 Å². The number of sulfonamides is 1. The van der Waals surface area contributed by atoms with E-state index in [2.05, 4.69) is 0 Å². The molecule has 1 aromatic carbocycles. The molecule has 0 atom stereocenters. The van der Waals surface area contributed by atoms with Crippen molar-refractivity contribution in [1.82, 2.24) is 4.31 Å². The quantitative estimate of drug-likeness (QED) is 0.632. The highest BCUT2D eigenvalue weighted by Crippen LogP contribution is 2.14. The maximum absolute atomic E-state index is 12.3. The predicted octanol–water partition coefficient (Wildman–Crippen LogP) is 4.15. The van der Waals surface area contributed by atoms with E-state index in [4.69, 9.17) is 16.0 Å². The number of benzene rings is 1. The second-order valence-electron chi connectivity index (χ2n) is 5.72. The maximum atomic E-state index is 12.3. The van der Waals surface area contributed by atoms with Gasteiger partial charge in [0, 0.05) is 24.5 Å². The zero-order valence-corrected chi connectivity index (χ0v) is 15.5. The van der Waals surface area contributed by atoms with E-state index in [9.17, 15) is 8.42 Å². The second kappa shape index (κ2) is 9.25. The van der Waals surface area contributed by atoms with Crippen molar-refractivity contribution in [3.63, 3.8) is 0 Å². The molecule has 0 N–H and O–H groups in total. The van der Waals surface area contributed by atoms with Gasteiger partial charge < -0.3 is 4.42 Å². The van der Waals surface area contributed by atoms with Crippen LogP contribution in [0.2, 0.25) is 5.02 Å². The van der Waals surface area contributed by atoms with Crippen molar-refractivity contribution in [2.24, 2.45) is 0 Å². The normalized spacial score (nSPS) is 12.0. The maximum Gasteiger partial charge on any atom is 0.213 e. The van der Waals surface area contributed by atoms with Crippen molar-refractivity contribution in [3.05, 3.63) is 59.0 Å². The minimum atomic E-state index is -3.19. The zero-order valence-electron chi connectivity index (χ0n) is 13.9. The second-order valence-corrected chi connectivity index (χ2v) is 8.41. The fourth-order valence-electron chi connectivity index (χ4n) is 2.61. The average Bonchev–Trinajstić information content (AvgIpc) is 3.07. The highest BCUT2D eigenvalue weighted by molar-refractivity contribution is 7.89. The van der Waals surface area contributed by atoms with Crippen LogP contribution < -0.4 is 0 Å². The van der Waals surface area contributed by atoms with Gasteiger partial charge in [0.15, 0.2) is 0 Å². The molecule has 0 saturated heterocycles. The van der Waals surface area contributed by atoms with Gasteiger partial charge in [-0.15, -0.1) is 0 Å². The molecule has 0 aliphatic rings. The van der Waals surface area contributed by atoms with Crippen molar-refractivity contribution >= 4 is 21.6 Å². The fourth-order valence-corrected chi connectivity index (χ4v) is 4.00. The van der Waals surface area contributed by atoms with Gasteiger partial charge in [-0.2, -0.15) is 0 Å². The smallest absolute Gasteiger partial charge is 0.213 e. The van der Waals surface area contributed by atoms with Gasteiger partial charge in [0.1, 0.15) is 5.76 Å². The lowest BCUT2D eigenvalue weighted by molar-refractivity contribution is 0.391. The molecule has 24 heavy (non-hydrogen) atoms. The third-order valence-electron chi connectivity index (χ3n) is 3.93. The fraction of sp³-hybridized carbons (Fsp3) is 0.444. The predicted molar refractivity (Wildman–Crippen MR) is 97.8 cm³/mol. The van der Waals surface area contributed by atoms with Crippen LogP contribution in [0.15, 0.2) is 47.1 Å². The Morgan fingerprint density at radius 3 is 2.46 bits per heavy atom. The molecule has 0 aliphatic carbocycles. The topological polar surface area (TPSA) is 50.5 Å². The van der Waals surface area contributed by atoms with E-state index < -0.39 is 10.0 Å². The summed E-state index contributed by atoms with van der Waals surface area (Å²) in [6, 6.07) is 11.5. The van der Waals surface area contributed by atoms with Crippen molar-refractivity contribution in [3.8, 4) is 0 Å². The van der Waals surface area contributed by atoms with E-state index in [0.29, 0.717) is 18.1 Å². The van der Waals surface area contributed by atoms with Crippen LogP contribution in [0, 0.1) is 0 Å². The highest BCUT2D eigenvalue weighted by atomic mass is 35.5. The molecular weight excluding hydrogens is 346 g/mol. The molecule has 1 aromatic heterocycles. The van der Waals surface area contributed by atoms with Gasteiger partial charge in [-0.25, -0.2) is 12.7 Å². The Balaban J connectivity index is 1.86. The number of rotatable bonds is 10. The van der Waals surface area contributed by atoms with Crippen molar-refractivity contribution in [1.29, 1.82) is 0 Å². The highest BCUT2D eigenvalue weighted by Gasteiger charge is 2.19. The number of aryl methyl sites for hydroxylation is 2. The summed E-state index contributed by atoms with van der Waals surface area (Å²) in [7, 11) is -3.19. The van der Waals surface area contributed by atoms with Crippen LogP contribution in [-0.2, 0) is 22.9 Å². The van der Waals surface area contributed by atoms with Crippen LogP contribution in [0.5, 0.6) is 0 Å². The van der Waals surface area contributed by atoms with Gasteiger partial charge in [-0.05, 0) is 56.0 Å². The Labute approximate surface area is 149 Å². The summed E-state index contributed by atoms with van der Waals surface area (Å²) >= 11 is 5.98. The van der Waals surface area contributed by atoms with E-state index in [-0.39, 0.29) is 5.75 Å². The molecule has 4 nitrogen and oxygen atoms in total. The molecule has 132 valence electrons. The largest absolute Gasteiger partial charge is 0.469 e. The lowest BCUT2D eigenvalue weighted by atomic mass is 10.1. The molecule has 0 aliphatic heterocycles. The molecule has 0 spiro atoms. The summed E-state index contributed by atoms with van der Waals surface area (Å²) in [5.41, 5.74) is 1.13. The number of halogens is 1. The first-order chi connectivity index (χ1) is 11.5. The van der Waals surface area contributed by atoms with E-state index in [1.165, 1.54) is 0 Å². The lowest BCUT2D eigenvalue weighted by Gasteiger charge is -2.21. The molecule has 0 saturated carbocycles. The summed E-state index contributed by atoms with van der Waals surface area (Å²) in [6.45, 7) is 2.74. The van der Waals surface area contributed by atoms with E-state index >= 15 is 0 Å². The summed E-state index contributed by atoms with van der Waals surface area (Å²) < 4.78 is 31.4. The van der Waals surface area contributed by atoms with E-state index in [1.54, 1.807) is 17.5 Å². The zero-order chi connectivity index (χ0) is 17.4. The summed E-state index contributed by atoms with van der Waals surface area (Å²) in [5.74, 6) is 1.02. The molecule has 0 bridgehead atoms. The molecule has 2 aromatic rings. The van der Waals surface area contributed by atoms with Gasteiger partial charge in [-0.3, -0.25) is 0 Å². The Kier molecular flexibility index (Phi) is 7.34. The molecule has 1 heterocycles. The third kappa shape index (κ3) is 5.96. The van der Waals surface area contributed by atoms with Crippen molar-refractivity contribution in [2.75, 3.05) is 18.8 Å². The Morgan fingerprint density at radius 1 is 1.08 bits per heavy atom. The number of nitrogens with zero attached hydrogens (tertiary/aromatic N) is 1. The summed E-state index contributed by atoms with van der Waals surface area (Å²) in [6.07, 6.45) is 4.73. The average molecular weight is 370 g/mol. The Morgan fingerprint density at radius 2 is 1.83 bits per heavy atom. The minimum Gasteiger partial charge on any atom is -0.469 e. The lowest BCUT2D eigenvalue weighted by Crippen LogP contribution is -2.34. The summed E-state index contributed by atoms with van der Waals surface area (Å²) in [4.78, 5) is 0. The number of furan rings is 1. The number of hydrogen-bond donors (Lipinski definition) is 0. The van der Waals surface area contributed by atoms with Crippen LogP contribution in [0.1, 0.15) is 31.1 Å². The molecule has 0 amide bonds. The summed E-state index contributed by atoms with van der Waals surface area (Å²) in [5, 5.41) is 0.712. The van der Waals surface area contributed by atoms with Crippen LogP contribution in [0.3, 0.4) is 0 Å². The van der Waals surface area contributed by atoms with Crippen LogP contribution in [-0.4, -0.2) is 31.6 Å². The van der Waals surface area contributed by atoms with Crippen LogP contribution in [0.4, 0.5) is 0 Å². The molecule has 0 radical (unpaired) electrons. The molecule has 0 unspecified atom stereocenters. The van der Waals surface area contributed by atoms with Gasteiger partial charge in [0.25, 0.3) is 0 Å². The molecule has 2 rings (SSSR count). The Hall–Kier alpha value is -1.30. The van der Waals surface area contributed by atoms with Gasteiger partial charge in [-0.1, -0.05) is 23.7 Å². The van der Waals surface area contributed by atoms with Crippen molar-refractivity contribution < 1.29 is 12.8 Å². The minimum absolute atomic E-state index is 0.130. The molecule has 6 heteroatoms. The SMILES string of the molecule is CCS(=O)(=O)N(CCCc1cccc(Cl)c1)CCCc1ccco1. The van der Waals surface area contributed by atoms with Gasteiger partial charge in [0.2, 0.25) is 10.0 Å². The van der Waals surface area contributed by atoms with Crippen LogP contribution >= 0.6 is 11.6 Å². The van der Waals surface area contributed by atoms with Crippen molar-refractivity contribution in [2.45, 2.75) is 32.6 Å². The standard InChI is InChI=1S/C18H24ClNO3S/c1-2-24(21,22)20(13-5-10-18-11-6-14-23-18)12-4-8-16-7-3-9-17(19)15-16/h3,6-7,9,11,14-15H,2,4-5,8,10,12-13H2,1H3. The molecule has 0 fully saturated rings. The third-order valence-corrected chi connectivity index (χ3v) is 6.05. The monoisotopic (exact) mass is 369 g/mol. The first-order valence-corrected chi connectivity index (χ1v) is 10.2. The number of hydrogen-bond acceptors (Lipinski definition) is 3. The Bertz CT molecular complexity index is 714. The van der Waals surface area contributed by atoms with Gasteiger partial charge >= 0.3 is 0 Å².